The van der Waals surface area contributed by atoms with Gasteiger partial charge in [-0.05, 0) is 114 Å². The third-order valence-corrected chi connectivity index (χ3v) is 11.6. The lowest BCUT2D eigenvalue weighted by Crippen LogP contribution is -2.17. The molecule has 2 aliphatic rings. The number of benzene rings is 8. The highest BCUT2D eigenvalue weighted by Gasteiger charge is 2.39. The maximum Gasteiger partial charge on any atom is 0.0543 e. The summed E-state index contributed by atoms with van der Waals surface area (Å²) < 4.78 is 0. The molecule has 0 aliphatic heterocycles. The second-order valence-electron chi connectivity index (χ2n) is 15.0. The highest BCUT2D eigenvalue weighted by Crippen LogP contribution is 2.56. The van der Waals surface area contributed by atoms with E-state index in [2.05, 4.69) is 184 Å². The van der Waals surface area contributed by atoms with Gasteiger partial charge in [0.2, 0.25) is 0 Å². The summed E-state index contributed by atoms with van der Waals surface area (Å²) in [7, 11) is 0. The van der Waals surface area contributed by atoms with Crippen molar-refractivity contribution in [2.45, 2.75) is 38.5 Å². The summed E-state index contributed by atoms with van der Waals surface area (Å²) >= 11 is 0. The van der Waals surface area contributed by atoms with Gasteiger partial charge in [0.05, 0.1) is 5.69 Å². The van der Waals surface area contributed by atoms with E-state index in [9.17, 15) is 0 Å². The quantitative estimate of drug-likeness (QED) is 0.188. The third-order valence-electron chi connectivity index (χ3n) is 11.6. The Morgan fingerprint density at radius 1 is 0.388 bits per heavy atom. The lowest BCUT2D eigenvalue weighted by Gasteiger charge is -2.30. The summed E-state index contributed by atoms with van der Waals surface area (Å²) in [5.41, 5.74) is 14.4. The van der Waals surface area contributed by atoms with Crippen molar-refractivity contribution in [1.29, 1.82) is 0 Å². The minimum absolute atomic E-state index is 0.106. The molecule has 49 heavy (non-hydrogen) atoms. The van der Waals surface area contributed by atoms with Crippen molar-refractivity contribution in [3.63, 3.8) is 0 Å². The van der Waals surface area contributed by atoms with Gasteiger partial charge in [0, 0.05) is 27.6 Å². The summed E-state index contributed by atoms with van der Waals surface area (Å²) in [6, 6.07) is 56.7. The molecule has 8 aromatic rings. The van der Waals surface area contributed by atoms with Crippen LogP contribution in [-0.4, -0.2) is 0 Å². The Kier molecular flexibility index (Phi) is 5.75. The first-order valence-electron chi connectivity index (χ1n) is 17.4. The Bertz CT molecular complexity index is 2660. The van der Waals surface area contributed by atoms with Crippen LogP contribution in [0.3, 0.4) is 0 Å². The number of hydrogen-bond acceptors (Lipinski definition) is 1. The van der Waals surface area contributed by atoms with Gasteiger partial charge in [0.25, 0.3) is 0 Å². The fraction of sp³-hybridized carbons (Fsp3) is 0.125. The zero-order valence-corrected chi connectivity index (χ0v) is 28.4. The van der Waals surface area contributed by atoms with Gasteiger partial charge in [0.15, 0.2) is 0 Å². The van der Waals surface area contributed by atoms with E-state index in [1.54, 1.807) is 0 Å². The van der Waals surface area contributed by atoms with Crippen LogP contribution in [0.2, 0.25) is 0 Å². The molecule has 0 spiro atoms. The summed E-state index contributed by atoms with van der Waals surface area (Å²) in [6.07, 6.45) is 0. The topological polar surface area (TPSA) is 3.24 Å². The largest absolute Gasteiger partial charge is 0.310 e. The average Bonchev–Trinajstić information content (AvgIpc) is 3.50. The van der Waals surface area contributed by atoms with Crippen LogP contribution in [0, 0.1) is 0 Å². The van der Waals surface area contributed by atoms with Crippen molar-refractivity contribution < 1.29 is 0 Å². The van der Waals surface area contributed by atoms with Crippen LogP contribution < -0.4 is 4.90 Å². The van der Waals surface area contributed by atoms with Crippen molar-refractivity contribution in [2.75, 3.05) is 4.90 Å². The van der Waals surface area contributed by atoms with Crippen molar-refractivity contribution >= 4 is 49.4 Å². The molecular weight excluding hydrogens is 591 g/mol. The van der Waals surface area contributed by atoms with E-state index in [1.807, 2.05) is 0 Å². The maximum absolute atomic E-state index is 2.47. The Hall–Kier alpha value is -5.66. The van der Waals surface area contributed by atoms with Crippen molar-refractivity contribution in [1.82, 2.24) is 0 Å². The predicted molar refractivity (Wildman–Crippen MR) is 209 cm³/mol. The molecule has 0 N–H and O–H groups in total. The number of para-hydroxylation sites is 1. The van der Waals surface area contributed by atoms with Gasteiger partial charge in [0.1, 0.15) is 0 Å². The third kappa shape index (κ3) is 3.88. The van der Waals surface area contributed by atoms with E-state index in [-0.39, 0.29) is 10.8 Å². The van der Waals surface area contributed by atoms with Gasteiger partial charge >= 0.3 is 0 Å². The number of fused-ring (bicyclic) bond motifs is 11. The molecule has 8 aromatic carbocycles. The average molecular weight is 628 g/mol. The molecule has 0 heterocycles. The first-order valence-corrected chi connectivity index (χ1v) is 17.4. The summed E-state index contributed by atoms with van der Waals surface area (Å²) in [5, 5.41) is 7.76. The molecule has 0 unspecified atom stereocenters. The van der Waals surface area contributed by atoms with Crippen LogP contribution in [0.4, 0.5) is 17.1 Å². The molecule has 10 rings (SSSR count). The van der Waals surface area contributed by atoms with Crippen LogP contribution in [0.15, 0.2) is 152 Å². The van der Waals surface area contributed by atoms with Crippen molar-refractivity contribution in [2.24, 2.45) is 0 Å². The summed E-state index contributed by atoms with van der Waals surface area (Å²) in [4.78, 5) is 2.47. The van der Waals surface area contributed by atoms with Gasteiger partial charge in [-0.2, -0.15) is 0 Å². The second-order valence-corrected chi connectivity index (χ2v) is 15.0. The van der Waals surface area contributed by atoms with Crippen molar-refractivity contribution in [3.05, 3.63) is 174 Å². The molecule has 0 atom stereocenters. The minimum atomic E-state index is -0.109. The normalized spacial score (nSPS) is 14.9. The molecule has 0 fully saturated rings. The number of hydrogen-bond donors (Lipinski definition) is 0. The van der Waals surface area contributed by atoms with E-state index in [4.69, 9.17) is 0 Å². The van der Waals surface area contributed by atoms with Crippen molar-refractivity contribution in [3.8, 4) is 22.3 Å². The highest BCUT2D eigenvalue weighted by atomic mass is 15.1. The molecular formula is C48H37N. The van der Waals surface area contributed by atoms with Crippen LogP contribution in [0.1, 0.15) is 49.9 Å². The Labute approximate surface area is 288 Å². The van der Waals surface area contributed by atoms with Crippen LogP contribution in [-0.2, 0) is 10.8 Å². The zero-order valence-electron chi connectivity index (χ0n) is 28.4. The Balaban J connectivity index is 1.20. The van der Waals surface area contributed by atoms with E-state index in [1.165, 1.54) is 82.5 Å². The molecule has 234 valence electrons. The second kappa shape index (κ2) is 9.94. The van der Waals surface area contributed by atoms with E-state index >= 15 is 0 Å². The molecule has 0 saturated carbocycles. The number of anilines is 3. The SMILES string of the molecule is CC1(C)c2ccccc2-c2c1cc(N(c1ccccc1)c1ccc3c4c(ccc3c1)-c1cc3ccccc3cc1C4(C)C)c1ccccc21. The van der Waals surface area contributed by atoms with E-state index in [0.717, 1.165) is 11.4 Å². The molecule has 1 nitrogen and oxygen atoms in total. The molecule has 2 aliphatic carbocycles. The molecule has 0 saturated heterocycles. The standard InChI is InChI=1S/C48H37N/c1-47(2)41-21-13-12-20-39(41)45-37-19-11-10-18-36(37)44(29-43(45)47)49(33-16-6-5-7-17-33)34-23-25-35-32(26-34)22-24-38-40-27-30-14-8-9-15-31(30)28-42(40)48(3,4)46(35)38/h5-29H,1-4H3. The van der Waals surface area contributed by atoms with E-state index < -0.39 is 0 Å². The molecule has 1 heteroatoms. The summed E-state index contributed by atoms with van der Waals surface area (Å²) in [6.45, 7) is 9.55. The van der Waals surface area contributed by atoms with Crippen LogP contribution in [0.5, 0.6) is 0 Å². The van der Waals surface area contributed by atoms with Crippen LogP contribution >= 0.6 is 0 Å². The van der Waals surface area contributed by atoms with Gasteiger partial charge in [-0.25, -0.2) is 0 Å². The zero-order chi connectivity index (χ0) is 33.1. The first-order chi connectivity index (χ1) is 23.8. The molecule has 0 amide bonds. The Morgan fingerprint density at radius 2 is 1.08 bits per heavy atom. The monoisotopic (exact) mass is 627 g/mol. The fourth-order valence-corrected chi connectivity index (χ4v) is 9.19. The van der Waals surface area contributed by atoms with Crippen LogP contribution in [0.25, 0.3) is 54.6 Å². The summed E-state index contributed by atoms with van der Waals surface area (Å²) in [5.74, 6) is 0. The molecule has 0 radical (unpaired) electrons. The first kappa shape index (κ1) is 28.4. The maximum atomic E-state index is 2.47. The minimum Gasteiger partial charge on any atom is -0.310 e. The Morgan fingerprint density at radius 3 is 1.90 bits per heavy atom. The van der Waals surface area contributed by atoms with Gasteiger partial charge < -0.3 is 4.90 Å². The lowest BCUT2D eigenvalue weighted by atomic mass is 9.79. The predicted octanol–water partition coefficient (Wildman–Crippen LogP) is 13.2. The highest BCUT2D eigenvalue weighted by molar-refractivity contribution is 6.10. The van der Waals surface area contributed by atoms with Gasteiger partial charge in [-0.1, -0.05) is 137 Å². The van der Waals surface area contributed by atoms with Gasteiger partial charge in [-0.15, -0.1) is 0 Å². The number of nitrogens with zero attached hydrogens (tertiary/aromatic N) is 1. The molecule has 0 aromatic heterocycles. The lowest BCUT2D eigenvalue weighted by molar-refractivity contribution is 0.661. The molecule has 0 bridgehead atoms. The van der Waals surface area contributed by atoms with E-state index in [0.29, 0.717) is 0 Å². The fourth-order valence-electron chi connectivity index (χ4n) is 9.19. The van der Waals surface area contributed by atoms with Gasteiger partial charge in [-0.3, -0.25) is 0 Å². The smallest absolute Gasteiger partial charge is 0.0543 e. The number of rotatable bonds is 3.